The quantitative estimate of drug-likeness (QED) is 0.465. The van der Waals surface area contributed by atoms with Crippen LogP contribution in [0.1, 0.15) is 69.2 Å². The molecular weight excluding hydrogens is 438 g/mol. The van der Waals surface area contributed by atoms with Gasteiger partial charge in [-0.15, -0.1) is 0 Å². The highest BCUT2D eigenvalue weighted by atomic mass is 16.5. The van der Waals surface area contributed by atoms with Gasteiger partial charge in [-0.25, -0.2) is 4.98 Å². The Balaban J connectivity index is 1.55. The molecule has 2 aliphatic rings. The molecule has 3 aromatic rings. The maximum Gasteiger partial charge on any atom is 0.223 e. The smallest absolute Gasteiger partial charge is 0.223 e. The number of carbonyl (C=O) groups excluding carboxylic acids is 1. The minimum Gasteiger partial charge on any atom is -0.497 e. The number of aromatic nitrogens is 2. The predicted octanol–water partition coefficient (Wildman–Crippen LogP) is 5.61. The Bertz CT molecular complexity index is 1240. The summed E-state index contributed by atoms with van der Waals surface area (Å²) in [5, 5.41) is 0. The van der Waals surface area contributed by atoms with E-state index in [1.54, 1.807) is 14.2 Å². The van der Waals surface area contributed by atoms with Crippen LogP contribution in [0.5, 0.6) is 11.5 Å². The molecule has 2 bridgehead atoms. The fourth-order valence-electron chi connectivity index (χ4n) is 6.90. The first kappa shape index (κ1) is 23.7. The lowest BCUT2D eigenvalue weighted by atomic mass is 9.65. The molecule has 1 saturated heterocycles. The zero-order valence-corrected chi connectivity index (χ0v) is 21.8. The molecule has 186 valence electrons. The first-order chi connectivity index (χ1) is 16.6. The summed E-state index contributed by atoms with van der Waals surface area (Å²) in [6.07, 6.45) is 7.68. The Kier molecular flexibility index (Phi) is 5.81. The van der Waals surface area contributed by atoms with E-state index in [1.165, 1.54) is 6.42 Å². The molecule has 2 fully saturated rings. The van der Waals surface area contributed by atoms with Crippen LogP contribution < -0.4 is 9.47 Å². The Hall–Kier alpha value is -3.02. The Morgan fingerprint density at radius 3 is 2.54 bits per heavy atom. The van der Waals surface area contributed by atoms with Gasteiger partial charge in [0.05, 0.1) is 19.9 Å². The normalized spacial score (nSPS) is 23.9. The van der Waals surface area contributed by atoms with Crippen LogP contribution in [-0.4, -0.2) is 47.0 Å². The zero-order chi connectivity index (χ0) is 25.0. The van der Waals surface area contributed by atoms with Gasteiger partial charge in [0.2, 0.25) is 5.91 Å². The molecule has 6 nitrogen and oxygen atoms in total. The highest BCUT2D eigenvalue weighted by Gasteiger charge is 2.51. The number of rotatable bonds is 6. The van der Waals surface area contributed by atoms with Gasteiger partial charge in [-0.05, 0) is 66.3 Å². The van der Waals surface area contributed by atoms with E-state index in [2.05, 4.69) is 43.1 Å². The number of hydrogen-bond donors (Lipinski definition) is 0. The molecule has 1 amide bonds. The van der Waals surface area contributed by atoms with Crippen LogP contribution in [0.3, 0.4) is 0 Å². The van der Waals surface area contributed by atoms with E-state index < -0.39 is 0 Å². The number of amides is 1. The van der Waals surface area contributed by atoms with E-state index in [-0.39, 0.29) is 22.7 Å². The number of likely N-dealkylation sites (tertiary alicyclic amines) is 1. The molecule has 0 N–H and O–H groups in total. The van der Waals surface area contributed by atoms with Gasteiger partial charge in [0.15, 0.2) is 0 Å². The molecule has 1 saturated carbocycles. The van der Waals surface area contributed by atoms with E-state index in [0.717, 1.165) is 41.9 Å². The van der Waals surface area contributed by atoms with Crippen molar-refractivity contribution in [2.24, 2.45) is 10.8 Å². The van der Waals surface area contributed by atoms with Crippen molar-refractivity contribution in [2.45, 2.75) is 65.3 Å². The van der Waals surface area contributed by atoms with Crippen molar-refractivity contribution >= 4 is 11.6 Å². The van der Waals surface area contributed by atoms with Gasteiger partial charge in [0.1, 0.15) is 17.1 Å². The minimum absolute atomic E-state index is 0.176. The fourth-order valence-corrected chi connectivity index (χ4v) is 6.90. The lowest BCUT2D eigenvalue weighted by Crippen LogP contribution is -2.38. The molecule has 3 heterocycles. The Morgan fingerprint density at radius 1 is 1.14 bits per heavy atom. The van der Waals surface area contributed by atoms with Crippen molar-refractivity contribution in [2.75, 3.05) is 20.8 Å². The SMILES string of the molecule is COc1cc(OC)cc(C(CC(=O)N2CC3(C)CC2CC(C)(C)C3)c2cnc3c(C)cccn23)c1. The number of aryl methyl sites for hydroxylation is 1. The summed E-state index contributed by atoms with van der Waals surface area (Å²) in [4.78, 5) is 20.9. The first-order valence-electron chi connectivity index (χ1n) is 12.6. The van der Waals surface area contributed by atoms with Crippen LogP contribution in [0.25, 0.3) is 5.65 Å². The maximum absolute atomic E-state index is 14.0. The fraction of sp³-hybridized carbons (Fsp3) is 0.517. The van der Waals surface area contributed by atoms with Crippen molar-refractivity contribution in [1.82, 2.24) is 14.3 Å². The van der Waals surface area contributed by atoms with Crippen LogP contribution >= 0.6 is 0 Å². The molecule has 5 rings (SSSR count). The molecule has 1 aliphatic carbocycles. The van der Waals surface area contributed by atoms with E-state index >= 15 is 0 Å². The lowest BCUT2D eigenvalue weighted by molar-refractivity contribution is -0.132. The number of methoxy groups -OCH3 is 2. The van der Waals surface area contributed by atoms with Gasteiger partial charge in [-0.2, -0.15) is 0 Å². The number of fused-ring (bicyclic) bond motifs is 3. The number of hydrogen-bond acceptors (Lipinski definition) is 4. The van der Waals surface area contributed by atoms with E-state index in [1.807, 2.05) is 36.7 Å². The second-order valence-electron chi connectivity index (χ2n) is 11.7. The number of imidazole rings is 1. The van der Waals surface area contributed by atoms with Gasteiger partial charge in [-0.3, -0.25) is 4.79 Å². The Morgan fingerprint density at radius 2 is 1.86 bits per heavy atom. The molecule has 1 aliphatic heterocycles. The number of pyridine rings is 1. The van der Waals surface area contributed by atoms with Gasteiger partial charge < -0.3 is 18.8 Å². The summed E-state index contributed by atoms with van der Waals surface area (Å²) < 4.78 is 13.3. The van der Waals surface area contributed by atoms with Gasteiger partial charge in [-0.1, -0.05) is 26.8 Å². The topological polar surface area (TPSA) is 56.1 Å². The molecule has 0 spiro atoms. The number of ether oxygens (including phenoxy) is 2. The molecule has 35 heavy (non-hydrogen) atoms. The zero-order valence-electron chi connectivity index (χ0n) is 21.8. The number of benzene rings is 1. The summed E-state index contributed by atoms with van der Waals surface area (Å²) in [5.74, 6) is 1.47. The summed E-state index contributed by atoms with van der Waals surface area (Å²) in [6.45, 7) is 9.95. The van der Waals surface area contributed by atoms with Crippen LogP contribution in [-0.2, 0) is 4.79 Å². The van der Waals surface area contributed by atoms with E-state index in [9.17, 15) is 4.79 Å². The second kappa shape index (κ2) is 8.58. The van der Waals surface area contributed by atoms with Crippen LogP contribution in [0, 0.1) is 17.8 Å². The van der Waals surface area contributed by atoms with Crippen LogP contribution in [0.15, 0.2) is 42.7 Å². The molecule has 2 aromatic heterocycles. The maximum atomic E-state index is 14.0. The van der Waals surface area contributed by atoms with Gasteiger partial charge in [0.25, 0.3) is 0 Å². The molecule has 3 unspecified atom stereocenters. The second-order valence-corrected chi connectivity index (χ2v) is 11.7. The summed E-state index contributed by atoms with van der Waals surface area (Å²) >= 11 is 0. The third kappa shape index (κ3) is 4.39. The molecule has 0 radical (unpaired) electrons. The van der Waals surface area contributed by atoms with Gasteiger partial charge >= 0.3 is 0 Å². The van der Waals surface area contributed by atoms with Crippen molar-refractivity contribution in [3.05, 3.63) is 59.5 Å². The average Bonchev–Trinajstić information content (AvgIpc) is 3.35. The highest BCUT2D eigenvalue weighted by Crippen LogP contribution is 2.53. The number of nitrogens with zero attached hydrogens (tertiary/aromatic N) is 3. The van der Waals surface area contributed by atoms with E-state index in [0.29, 0.717) is 24.0 Å². The Labute approximate surface area is 208 Å². The van der Waals surface area contributed by atoms with Crippen molar-refractivity contribution < 1.29 is 14.3 Å². The predicted molar refractivity (Wildman–Crippen MR) is 137 cm³/mol. The minimum atomic E-state index is -0.176. The summed E-state index contributed by atoms with van der Waals surface area (Å²) in [5.41, 5.74) is 4.49. The molecule has 6 heteroatoms. The molecule has 3 atom stereocenters. The highest BCUT2D eigenvalue weighted by molar-refractivity contribution is 5.79. The van der Waals surface area contributed by atoms with Crippen molar-refractivity contribution in [3.63, 3.8) is 0 Å². The average molecular weight is 476 g/mol. The largest absolute Gasteiger partial charge is 0.497 e. The summed E-state index contributed by atoms with van der Waals surface area (Å²) in [7, 11) is 3.31. The molecule has 1 aromatic carbocycles. The van der Waals surface area contributed by atoms with Crippen LogP contribution in [0.4, 0.5) is 0 Å². The van der Waals surface area contributed by atoms with E-state index in [4.69, 9.17) is 14.5 Å². The third-order valence-corrected chi connectivity index (χ3v) is 8.01. The lowest BCUT2D eigenvalue weighted by Gasteiger charge is -2.39. The standard InChI is InChI=1S/C29H37N3O3/c1-19-8-7-9-31-25(16-30-27(19)31)24(20-10-22(34-5)12-23(11-20)35-6)13-26(33)32-18-29(4)15-21(32)14-28(2,3)17-29/h7-12,16,21,24H,13-15,17-18H2,1-6H3. The summed E-state index contributed by atoms with van der Waals surface area (Å²) in [6, 6.07) is 10.3. The van der Waals surface area contributed by atoms with Crippen molar-refractivity contribution in [1.29, 1.82) is 0 Å². The van der Waals surface area contributed by atoms with Crippen LogP contribution in [0.2, 0.25) is 0 Å². The monoisotopic (exact) mass is 475 g/mol. The van der Waals surface area contributed by atoms with Gasteiger partial charge in [0, 0.05) is 43.4 Å². The molecular formula is C29H37N3O3. The van der Waals surface area contributed by atoms with Crippen molar-refractivity contribution in [3.8, 4) is 11.5 Å². The first-order valence-corrected chi connectivity index (χ1v) is 12.6. The third-order valence-electron chi connectivity index (χ3n) is 8.01. The number of carbonyl (C=O) groups is 1.